The molecule has 0 unspecified atom stereocenters. The first kappa shape index (κ1) is 21.1. The molecule has 0 N–H and O–H groups in total. The predicted octanol–water partition coefficient (Wildman–Crippen LogP) is 2.02. The van der Waals surface area contributed by atoms with Gasteiger partial charge in [-0.2, -0.15) is 0 Å². The van der Waals surface area contributed by atoms with Crippen LogP contribution in [-0.2, 0) is 4.79 Å². The first-order valence-corrected chi connectivity index (χ1v) is 9.57. The molecular weight excluding hydrogens is 388 g/mol. The van der Waals surface area contributed by atoms with E-state index in [-0.39, 0.29) is 24.1 Å². The van der Waals surface area contributed by atoms with Gasteiger partial charge < -0.3 is 19.4 Å². The summed E-state index contributed by atoms with van der Waals surface area (Å²) in [5.74, 6) is 0.0516. The highest BCUT2D eigenvalue weighted by molar-refractivity contribution is 5.97. The molecule has 158 valence electrons. The number of para-hydroxylation sites is 1. The quantitative estimate of drug-likeness (QED) is 0.532. The molecule has 0 bridgehead atoms. The Morgan fingerprint density at radius 3 is 2.27 bits per heavy atom. The van der Waals surface area contributed by atoms with Gasteiger partial charge in [0.05, 0.1) is 10.5 Å². The van der Waals surface area contributed by atoms with Gasteiger partial charge in [-0.15, -0.1) is 0 Å². The van der Waals surface area contributed by atoms with Gasteiger partial charge in [0.25, 0.3) is 17.5 Å². The van der Waals surface area contributed by atoms with Gasteiger partial charge in [-0.05, 0) is 24.3 Å². The van der Waals surface area contributed by atoms with Crippen molar-refractivity contribution in [1.29, 1.82) is 0 Å². The highest BCUT2D eigenvalue weighted by Crippen LogP contribution is 2.23. The molecule has 9 nitrogen and oxygen atoms in total. The molecule has 0 aliphatic carbocycles. The molecule has 1 aliphatic rings. The largest absolute Gasteiger partial charge is 0.483 e. The molecule has 2 aromatic carbocycles. The van der Waals surface area contributed by atoms with Crippen LogP contribution in [0, 0.1) is 10.1 Å². The topological polar surface area (TPSA) is 96.2 Å². The lowest BCUT2D eigenvalue weighted by molar-refractivity contribution is -0.384. The van der Waals surface area contributed by atoms with Crippen molar-refractivity contribution < 1.29 is 19.2 Å². The molecule has 9 heteroatoms. The zero-order valence-corrected chi connectivity index (χ0v) is 17.0. The summed E-state index contributed by atoms with van der Waals surface area (Å²) >= 11 is 0. The van der Waals surface area contributed by atoms with Crippen molar-refractivity contribution in [1.82, 2.24) is 9.80 Å². The van der Waals surface area contributed by atoms with Crippen LogP contribution >= 0.6 is 0 Å². The standard InChI is InChI=1S/C21H24N4O5/c1-22(2)20(26)15-30-19-6-4-3-5-18(19)21(27)24-13-11-23(12-14-24)16-7-9-17(10-8-16)25(28)29/h3-10H,11-15H2,1-2H3. The van der Waals surface area contributed by atoms with Crippen molar-refractivity contribution in [3.8, 4) is 5.75 Å². The Morgan fingerprint density at radius 1 is 1.03 bits per heavy atom. The van der Waals surface area contributed by atoms with E-state index in [0.717, 1.165) is 5.69 Å². The number of carbonyl (C=O) groups excluding carboxylic acids is 2. The maximum absolute atomic E-state index is 13.0. The Morgan fingerprint density at radius 2 is 1.67 bits per heavy atom. The van der Waals surface area contributed by atoms with E-state index in [0.29, 0.717) is 37.5 Å². The van der Waals surface area contributed by atoms with Crippen molar-refractivity contribution in [3.63, 3.8) is 0 Å². The van der Waals surface area contributed by atoms with Gasteiger partial charge >= 0.3 is 0 Å². The minimum absolute atomic E-state index is 0.0527. The minimum Gasteiger partial charge on any atom is -0.483 e. The molecule has 0 atom stereocenters. The summed E-state index contributed by atoms with van der Waals surface area (Å²) < 4.78 is 5.59. The lowest BCUT2D eigenvalue weighted by Gasteiger charge is -2.36. The average Bonchev–Trinajstić information content (AvgIpc) is 2.77. The van der Waals surface area contributed by atoms with Gasteiger partial charge in [-0.1, -0.05) is 12.1 Å². The number of hydrogen-bond acceptors (Lipinski definition) is 6. The third-order valence-electron chi connectivity index (χ3n) is 4.96. The van der Waals surface area contributed by atoms with Crippen molar-refractivity contribution in [2.24, 2.45) is 0 Å². The second-order valence-corrected chi connectivity index (χ2v) is 7.13. The SMILES string of the molecule is CN(C)C(=O)COc1ccccc1C(=O)N1CCN(c2ccc([N+](=O)[O-])cc2)CC1. The fraction of sp³-hybridized carbons (Fsp3) is 0.333. The zero-order valence-electron chi connectivity index (χ0n) is 17.0. The van der Waals surface area contributed by atoms with E-state index in [9.17, 15) is 19.7 Å². The molecule has 1 heterocycles. The van der Waals surface area contributed by atoms with E-state index in [4.69, 9.17) is 4.74 Å². The number of nitro groups is 1. The van der Waals surface area contributed by atoms with E-state index < -0.39 is 4.92 Å². The van der Waals surface area contributed by atoms with E-state index in [1.165, 1.54) is 17.0 Å². The van der Waals surface area contributed by atoms with Crippen molar-refractivity contribution >= 4 is 23.2 Å². The van der Waals surface area contributed by atoms with Crippen molar-refractivity contribution in [2.75, 3.05) is 51.8 Å². The number of piperazine rings is 1. The van der Waals surface area contributed by atoms with Crippen LogP contribution in [-0.4, -0.2) is 73.4 Å². The third-order valence-corrected chi connectivity index (χ3v) is 4.96. The van der Waals surface area contributed by atoms with Gasteiger partial charge in [0.1, 0.15) is 5.75 Å². The first-order valence-electron chi connectivity index (χ1n) is 9.57. The summed E-state index contributed by atoms with van der Waals surface area (Å²) in [6.07, 6.45) is 0. The first-order chi connectivity index (χ1) is 14.4. The van der Waals surface area contributed by atoms with Crippen LogP contribution in [0.5, 0.6) is 5.75 Å². The van der Waals surface area contributed by atoms with E-state index in [1.54, 1.807) is 55.4 Å². The molecule has 1 aliphatic heterocycles. The smallest absolute Gasteiger partial charge is 0.269 e. The fourth-order valence-corrected chi connectivity index (χ4v) is 3.16. The maximum Gasteiger partial charge on any atom is 0.269 e. The summed E-state index contributed by atoms with van der Waals surface area (Å²) in [5.41, 5.74) is 1.36. The van der Waals surface area contributed by atoms with Crippen LogP contribution in [0.25, 0.3) is 0 Å². The third kappa shape index (κ3) is 4.86. The van der Waals surface area contributed by atoms with Crippen molar-refractivity contribution in [3.05, 3.63) is 64.2 Å². The van der Waals surface area contributed by atoms with Gasteiger partial charge in [-0.3, -0.25) is 19.7 Å². The Kier molecular flexibility index (Phi) is 6.51. The van der Waals surface area contributed by atoms with Gasteiger partial charge in [0.2, 0.25) is 0 Å². The summed E-state index contributed by atoms with van der Waals surface area (Å²) in [5, 5.41) is 10.8. The number of ether oxygens (including phenoxy) is 1. The zero-order chi connectivity index (χ0) is 21.7. The molecular formula is C21H24N4O5. The number of anilines is 1. The number of nitrogens with zero attached hydrogens (tertiary/aromatic N) is 4. The van der Waals surface area contributed by atoms with Crippen LogP contribution in [0.4, 0.5) is 11.4 Å². The molecule has 30 heavy (non-hydrogen) atoms. The number of hydrogen-bond donors (Lipinski definition) is 0. The number of nitro benzene ring substituents is 1. The van der Waals surface area contributed by atoms with Gasteiger partial charge in [0, 0.05) is 58.1 Å². The summed E-state index contributed by atoms with van der Waals surface area (Å²) in [4.78, 5) is 40.5. The fourth-order valence-electron chi connectivity index (χ4n) is 3.16. The number of rotatable bonds is 6. The second-order valence-electron chi connectivity index (χ2n) is 7.13. The number of non-ortho nitro benzene ring substituents is 1. The molecule has 0 radical (unpaired) electrons. The molecule has 0 spiro atoms. The molecule has 0 aromatic heterocycles. The molecule has 3 rings (SSSR count). The maximum atomic E-state index is 13.0. The molecule has 1 saturated heterocycles. The Hall–Kier alpha value is -3.62. The Labute approximate surface area is 174 Å². The van der Waals surface area contributed by atoms with Gasteiger partial charge in [-0.25, -0.2) is 0 Å². The van der Waals surface area contributed by atoms with Crippen LogP contribution in [0.3, 0.4) is 0 Å². The van der Waals surface area contributed by atoms with Crippen molar-refractivity contribution in [2.45, 2.75) is 0 Å². The van der Waals surface area contributed by atoms with E-state index in [2.05, 4.69) is 4.90 Å². The predicted molar refractivity (Wildman–Crippen MR) is 112 cm³/mol. The van der Waals surface area contributed by atoms with Crippen LogP contribution in [0.15, 0.2) is 48.5 Å². The second kappa shape index (κ2) is 9.25. The Bertz CT molecular complexity index is 921. The van der Waals surface area contributed by atoms with E-state index in [1.807, 2.05) is 0 Å². The monoisotopic (exact) mass is 412 g/mol. The van der Waals surface area contributed by atoms with Crippen LogP contribution < -0.4 is 9.64 Å². The molecule has 2 aromatic rings. The van der Waals surface area contributed by atoms with Gasteiger partial charge in [0.15, 0.2) is 6.61 Å². The number of carbonyl (C=O) groups is 2. The lowest BCUT2D eigenvalue weighted by Crippen LogP contribution is -2.48. The number of amides is 2. The van der Waals surface area contributed by atoms with Crippen LogP contribution in [0.2, 0.25) is 0 Å². The summed E-state index contributed by atoms with van der Waals surface area (Å²) in [7, 11) is 3.29. The highest BCUT2D eigenvalue weighted by Gasteiger charge is 2.25. The highest BCUT2D eigenvalue weighted by atomic mass is 16.6. The summed E-state index contributed by atoms with van der Waals surface area (Å²) in [6, 6.07) is 13.3. The molecule has 2 amide bonds. The number of likely N-dealkylation sites (N-methyl/N-ethyl adjacent to an activating group) is 1. The van der Waals surface area contributed by atoms with Crippen LogP contribution in [0.1, 0.15) is 10.4 Å². The number of benzene rings is 2. The molecule has 1 fully saturated rings. The average molecular weight is 412 g/mol. The molecule has 0 saturated carbocycles. The summed E-state index contributed by atoms with van der Waals surface area (Å²) in [6.45, 7) is 2.13. The minimum atomic E-state index is -0.425. The normalized spacial score (nSPS) is 13.7. The van der Waals surface area contributed by atoms with E-state index >= 15 is 0 Å². The lowest BCUT2D eigenvalue weighted by atomic mass is 10.1. The Balaban J connectivity index is 1.63.